The van der Waals surface area contributed by atoms with E-state index in [4.69, 9.17) is 0 Å². The molecule has 1 aliphatic rings. The van der Waals surface area contributed by atoms with E-state index in [9.17, 15) is 35.9 Å². The summed E-state index contributed by atoms with van der Waals surface area (Å²) < 4.78 is 77.4. The fourth-order valence-corrected chi connectivity index (χ4v) is 3.47. The molecular formula is C18H18F6N4O2. The third kappa shape index (κ3) is 4.51. The number of rotatable bonds is 5. The summed E-state index contributed by atoms with van der Waals surface area (Å²) in [6, 6.07) is -0.106. The predicted molar refractivity (Wildman–Crippen MR) is 93.3 cm³/mol. The standard InChI is InChI=1S/C18H18F6N4O2/c1-8(17(30)28-3-2-9(7-28)4-13(19)20)26-16(29)11-5-10-12(27-11)6-25-15(14(10)21)18(22,23)24/h5-6,8-9,13,27H,2-4,7H2,1H3,(H,26,29). The normalized spacial score (nSPS) is 18.3. The van der Waals surface area contributed by atoms with E-state index < -0.39 is 47.4 Å². The molecule has 2 aromatic heterocycles. The lowest BCUT2D eigenvalue weighted by molar-refractivity contribution is -0.143. The summed E-state index contributed by atoms with van der Waals surface area (Å²) in [4.78, 5) is 31.7. The lowest BCUT2D eigenvalue weighted by Gasteiger charge is -2.21. The van der Waals surface area contributed by atoms with Crippen LogP contribution in [0.5, 0.6) is 0 Å². The molecule has 2 atom stereocenters. The van der Waals surface area contributed by atoms with Crippen molar-refractivity contribution in [2.45, 2.75) is 38.4 Å². The summed E-state index contributed by atoms with van der Waals surface area (Å²) in [5.41, 5.74) is -2.06. The van der Waals surface area contributed by atoms with Crippen LogP contribution in [0.15, 0.2) is 12.3 Å². The number of carbonyl (C=O) groups is 2. The largest absolute Gasteiger partial charge is 0.436 e. The van der Waals surface area contributed by atoms with Gasteiger partial charge in [0.2, 0.25) is 12.3 Å². The molecule has 6 nitrogen and oxygen atoms in total. The molecule has 0 aliphatic carbocycles. The summed E-state index contributed by atoms with van der Waals surface area (Å²) in [6.07, 6.45) is -6.56. The smallest absolute Gasteiger partial charge is 0.349 e. The topological polar surface area (TPSA) is 78.1 Å². The second kappa shape index (κ2) is 8.15. The average Bonchev–Trinajstić information content (AvgIpc) is 3.27. The maximum atomic E-state index is 14.1. The summed E-state index contributed by atoms with van der Waals surface area (Å²) in [7, 11) is 0. The number of likely N-dealkylation sites (tertiary alicyclic amines) is 1. The van der Waals surface area contributed by atoms with Crippen molar-refractivity contribution in [3.8, 4) is 0 Å². The number of aromatic amines is 1. The van der Waals surface area contributed by atoms with E-state index >= 15 is 0 Å². The highest BCUT2D eigenvalue weighted by Gasteiger charge is 2.37. The van der Waals surface area contributed by atoms with Gasteiger partial charge in [-0.05, 0) is 25.3 Å². The van der Waals surface area contributed by atoms with Gasteiger partial charge in [-0.3, -0.25) is 9.59 Å². The van der Waals surface area contributed by atoms with Crippen molar-refractivity contribution in [3.05, 3.63) is 29.5 Å². The van der Waals surface area contributed by atoms with E-state index in [2.05, 4.69) is 15.3 Å². The van der Waals surface area contributed by atoms with Gasteiger partial charge < -0.3 is 15.2 Å². The molecule has 0 bridgehead atoms. The van der Waals surface area contributed by atoms with Crippen LogP contribution in [0.4, 0.5) is 26.3 Å². The first-order valence-electron chi connectivity index (χ1n) is 9.09. The summed E-state index contributed by atoms with van der Waals surface area (Å²) in [6.45, 7) is 1.85. The van der Waals surface area contributed by atoms with Crippen molar-refractivity contribution in [2.75, 3.05) is 13.1 Å². The van der Waals surface area contributed by atoms with Gasteiger partial charge in [0.1, 0.15) is 11.7 Å². The monoisotopic (exact) mass is 436 g/mol. The number of aromatic nitrogens is 2. The molecule has 2 aromatic rings. The first-order chi connectivity index (χ1) is 14.0. The highest BCUT2D eigenvalue weighted by atomic mass is 19.4. The van der Waals surface area contributed by atoms with Crippen molar-refractivity contribution < 1.29 is 35.9 Å². The third-order valence-electron chi connectivity index (χ3n) is 4.96. The van der Waals surface area contributed by atoms with E-state index in [0.29, 0.717) is 13.0 Å². The number of hydrogen-bond acceptors (Lipinski definition) is 3. The zero-order valence-electron chi connectivity index (χ0n) is 15.7. The van der Waals surface area contributed by atoms with E-state index in [0.717, 1.165) is 12.3 Å². The zero-order valence-corrected chi connectivity index (χ0v) is 15.7. The van der Waals surface area contributed by atoms with Gasteiger partial charge in [0.15, 0.2) is 11.5 Å². The maximum absolute atomic E-state index is 14.1. The minimum Gasteiger partial charge on any atom is -0.349 e. The Morgan fingerprint density at radius 3 is 2.70 bits per heavy atom. The van der Waals surface area contributed by atoms with Gasteiger partial charge in [-0.15, -0.1) is 0 Å². The Morgan fingerprint density at radius 1 is 1.37 bits per heavy atom. The molecule has 12 heteroatoms. The zero-order chi connectivity index (χ0) is 22.2. The van der Waals surface area contributed by atoms with Crippen LogP contribution in [-0.2, 0) is 11.0 Å². The van der Waals surface area contributed by atoms with Gasteiger partial charge in [-0.25, -0.2) is 18.2 Å². The lowest BCUT2D eigenvalue weighted by atomic mass is 10.1. The molecule has 164 valence electrons. The van der Waals surface area contributed by atoms with Crippen molar-refractivity contribution in [2.24, 2.45) is 5.92 Å². The van der Waals surface area contributed by atoms with Crippen LogP contribution in [0.1, 0.15) is 35.9 Å². The Bertz CT molecular complexity index is 958. The number of nitrogens with one attached hydrogen (secondary N) is 2. The molecular weight excluding hydrogens is 418 g/mol. The third-order valence-corrected chi connectivity index (χ3v) is 4.96. The Labute approximate surface area is 166 Å². The Balaban J connectivity index is 1.69. The van der Waals surface area contributed by atoms with Crippen LogP contribution in [0.2, 0.25) is 0 Å². The van der Waals surface area contributed by atoms with Gasteiger partial charge in [0, 0.05) is 24.9 Å². The van der Waals surface area contributed by atoms with Gasteiger partial charge in [0.05, 0.1) is 11.7 Å². The minimum absolute atomic E-state index is 0.112. The van der Waals surface area contributed by atoms with E-state index in [-0.39, 0.29) is 30.1 Å². The molecule has 2 N–H and O–H groups in total. The number of halogens is 6. The Kier molecular flexibility index (Phi) is 5.95. The Hall–Kier alpha value is -2.79. The molecule has 0 aromatic carbocycles. The molecule has 1 saturated heterocycles. The predicted octanol–water partition coefficient (Wildman–Crippen LogP) is 3.34. The molecule has 1 fully saturated rings. The van der Waals surface area contributed by atoms with Crippen LogP contribution in [0.3, 0.4) is 0 Å². The second-order valence-electron chi connectivity index (χ2n) is 7.19. The highest BCUT2D eigenvalue weighted by Crippen LogP contribution is 2.32. The number of carbonyl (C=O) groups excluding carboxylic acids is 2. The molecule has 1 aliphatic heterocycles. The summed E-state index contributed by atoms with van der Waals surface area (Å²) in [5, 5.41) is 1.92. The lowest BCUT2D eigenvalue weighted by Crippen LogP contribution is -2.46. The van der Waals surface area contributed by atoms with E-state index in [1.54, 1.807) is 0 Å². The van der Waals surface area contributed by atoms with Crippen molar-refractivity contribution in [3.63, 3.8) is 0 Å². The van der Waals surface area contributed by atoms with Gasteiger partial charge in [0.25, 0.3) is 5.91 Å². The number of amides is 2. The van der Waals surface area contributed by atoms with Crippen molar-refractivity contribution >= 4 is 22.7 Å². The number of pyridine rings is 1. The van der Waals surface area contributed by atoms with Crippen LogP contribution in [0.25, 0.3) is 10.9 Å². The SMILES string of the molecule is CC(NC(=O)c1cc2c(F)c(C(F)(F)F)ncc2[nH]1)C(=O)N1CCC(CC(F)F)C1. The molecule has 3 heterocycles. The molecule has 0 radical (unpaired) electrons. The molecule has 0 saturated carbocycles. The van der Waals surface area contributed by atoms with E-state index in [1.165, 1.54) is 11.8 Å². The molecule has 2 amide bonds. The van der Waals surface area contributed by atoms with Crippen LogP contribution >= 0.6 is 0 Å². The minimum atomic E-state index is -4.99. The molecule has 2 unspecified atom stereocenters. The maximum Gasteiger partial charge on any atom is 0.436 e. The second-order valence-corrected chi connectivity index (χ2v) is 7.19. The van der Waals surface area contributed by atoms with Crippen LogP contribution in [-0.4, -0.2) is 52.2 Å². The summed E-state index contributed by atoms with van der Waals surface area (Å²) in [5.74, 6) is -3.22. The first kappa shape index (κ1) is 21.9. The van der Waals surface area contributed by atoms with Crippen LogP contribution in [0, 0.1) is 11.7 Å². The van der Waals surface area contributed by atoms with Crippen molar-refractivity contribution in [1.29, 1.82) is 0 Å². The molecule has 3 rings (SSSR count). The quantitative estimate of drug-likeness (QED) is 0.706. The number of nitrogens with zero attached hydrogens (tertiary/aromatic N) is 2. The fraction of sp³-hybridized carbons (Fsp3) is 0.500. The number of alkyl halides is 5. The van der Waals surface area contributed by atoms with Gasteiger partial charge >= 0.3 is 6.18 Å². The number of H-pyrrole nitrogens is 1. The van der Waals surface area contributed by atoms with Gasteiger partial charge in [-0.2, -0.15) is 13.2 Å². The fourth-order valence-electron chi connectivity index (χ4n) is 3.47. The van der Waals surface area contributed by atoms with Gasteiger partial charge in [-0.1, -0.05) is 0 Å². The molecule has 30 heavy (non-hydrogen) atoms. The van der Waals surface area contributed by atoms with Crippen molar-refractivity contribution in [1.82, 2.24) is 20.2 Å². The van der Waals surface area contributed by atoms with Crippen LogP contribution < -0.4 is 5.32 Å². The number of fused-ring (bicyclic) bond motifs is 1. The van der Waals surface area contributed by atoms with E-state index in [1.807, 2.05) is 0 Å². The first-order valence-corrected chi connectivity index (χ1v) is 9.09. The Morgan fingerprint density at radius 2 is 2.07 bits per heavy atom. The number of hydrogen-bond donors (Lipinski definition) is 2. The highest BCUT2D eigenvalue weighted by molar-refractivity contribution is 6.00. The average molecular weight is 436 g/mol. The summed E-state index contributed by atoms with van der Waals surface area (Å²) >= 11 is 0. The molecule has 0 spiro atoms.